The van der Waals surface area contributed by atoms with Crippen molar-refractivity contribution in [3.8, 4) is 0 Å². The maximum Gasteiger partial charge on any atom is 0.0326 e. The highest BCUT2D eigenvalue weighted by molar-refractivity contribution is 7.99. The van der Waals surface area contributed by atoms with E-state index in [2.05, 4.69) is 41.3 Å². The molecule has 2 aliphatic rings. The summed E-state index contributed by atoms with van der Waals surface area (Å²) in [5, 5.41) is 4.64. The molecule has 3 rings (SSSR count). The first kappa shape index (κ1) is 11.6. The van der Waals surface area contributed by atoms with Gasteiger partial charge in [0.15, 0.2) is 0 Å². The predicted molar refractivity (Wildman–Crippen MR) is 75.6 cm³/mol. The van der Waals surface area contributed by atoms with Crippen LogP contribution >= 0.6 is 11.8 Å². The van der Waals surface area contributed by atoms with Crippen LogP contribution in [-0.4, -0.2) is 17.5 Å². The maximum absolute atomic E-state index is 3.79. The third-order valence-electron chi connectivity index (χ3n) is 4.00. The van der Waals surface area contributed by atoms with Crippen LogP contribution in [0.25, 0.3) is 0 Å². The summed E-state index contributed by atoms with van der Waals surface area (Å²) < 4.78 is 0. The molecule has 2 atom stereocenters. The number of fused-ring (bicyclic) bond motifs is 1. The molecular weight excluding hydrogens is 226 g/mol. The number of nitrogens with one attached hydrogen (secondary N) is 1. The molecule has 1 heterocycles. The Balaban J connectivity index is 1.56. The maximum atomic E-state index is 3.79. The Morgan fingerprint density at radius 2 is 2.12 bits per heavy atom. The van der Waals surface area contributed by atoms with E-state index in [9.17, 15) is 0 Å². The standard InChI is InChI=1S/C15H21NS/c1-2-7-14-12(5-1)8-9-15(14)16-11-13-6-3-4-10-17-13/h1-2,5,7,13,15-16H,3-4,6,8-11H2. The normalized spacial score (nSPS) is 28.0. The molecule has 1 N–H and O–H groups in total. The third kappa shape index (κ3) is 2.69. The van der Waals surface area contributed by atoms with Crippen molar-refractivity contribution in [1.82, 2.24) is 5.32 Å². The van der Waals surface area contributed by atoms with E-state index >= 15 is 0 Å². The van der Waals surface area contributed by atoms with Crippen molar-refractivity contribution in [3.63, 3.8) is 0 Å². The Kier molecular flexibility index (Phi) is 3.72. The fourth-order valence-electron chi connectivity index (χ4n) is 3.01. The molecule has 1 aliphatic carbocycles. The molecule has 1 nitrogen and oxygen atoms in total. The van der Waals surface area contributed by atoms with Gasteiger partial charge >= 0.3 is 0 Å². The lowest BCUT2D eigenvalue weighted by Crippen LogP contribution is -2.29. The van der Waals surface area contributed by atoms with E-state index in [0.717, 1.165) is 5.25 Å². The highest BCUT2D eigenvalue weighted by Crippen LogP contribution is 2.31. The summed E-state index contributed by atoms with van der Waals surface area (Å²) >= 11 is 2.17. The lowest BCUT2D eigenvalue weighted by Gasteiger charge is -2.24. The van der Waals surface area contributed by atoms with Crippen LogP contribution in [0.1, 0.15) is 42.9 Å². The van der Waals surface area contributed by atoms with Gasteiger partial charge in [-0.25, -0.2) is 0 Å². The number of thioether (sulfide) groups is 1. The van der Waals surface area contributed by atoms with Crippen molar-refractivity contribution >= 4 is 11.8 Å². The van der Waals surface area contributed by atoms with Crippen LogP contribution < -0.4 is 5.32 Å². The Morgan fingerprint density at radius 1 is 1.18 bits per heavy atom. The van der Waals surface area contributed by atoms with Crippen molar-refractivity contribution in [2.45, 2.75) is 43.4 Å². The minimum atomic E-state index is 0.619. The number of benzene rings is 1. The molecule has 0 aromatic heterocycles. The van der Waals surface area contributed by atoms with E-state index in [1.165, 1.54) is 44.4 Å². The third-order valence-corrected chi connectivity index (χ3v) is 5.40. The van der Waals surface area contributed by atoms with Crippen molar-refractivity contribution in [2.75, 3.05) is 12.3 Å². The second-order valence-corrected chi connectivity index (χ2v) is 6.60. The number of hydrogen-bond acceptors (Lipinski definition) is 2. The zero-order chi connectivity index (χ0) is 11.5. The molecule has 0 radical (unpaired) electrons. The van der Waals surface area contributed by atoms with E-state index in [4.69, 9.17) is 0 Å². The lowest BCUT2D eigenvalue weighted by atomic mass is 10.1. The van der Waals surface area contributed by atoms with Crippen molar-refractivity contribution < 1.29 is 0 Å². The number of hydrogen-bond donors (Lipinski definition) is 1. The molecule has 1 aliphatic heterocycles. The average molecular weight is 247 g/mol. The highest BCUT2D eigenvalue weighted by atomic mass is 32.2. The van der Waals surface area contributed by atoms with Crippen molar-refractivity contribution in [2.24, 2.45) is 0 Å². The van der Waals surface area contributed by atoms with Gasteiger partial charge in [0.1, 0.15) is 0 Å². The van der Waals surface area contributed by atoms with E-state index in [0.29, 0.717) is 6.04 Å². The summed E-state index contributed by atoms with van der Waals surface area (Å²) in [5.74, 6) is 1.37. The van der Waals surface area contributed by atoms with E-state index < -0.39 is 0 Å². The van der Waals surface area contributed by atoms with Crippen LogP contribution in [0.15, 0.2) is 24.3 Å². The van der Waals surface area contributed by atoms with Gasteiger partial charge in [0.25, 0.3) is 0 Å². The second-order valence-electron chi connectivity index (χ2n) is 5.19. The quantitative estimate of drug-likeness (QED) is 0.876. The van der Waals surface area contributed by atoms with Gasteiger partial charge in [0.2, 0.25) is 0 Å². The summed E-state index contributed by atoms with van der Waals surface area (Å²) in [4.78, 5) is 0. The summed E-state index contributed by atoms with van der Waals surface area (Å²) in [6.07, 6.45) is 6.81. The summed E-state index contributed by atoms with van der Waals surface area (Å²) in [6.45, 7) is 1.20. The zero-order valence-electron chi connectivity index (χ0n) is 10.3. The Labute approximate surface area is 108 Å². The molecule has 0 bridgehead atoms. The fourth-order valence-corrected chi connectivity index (χ4v) is 4.26. The van der Waals surface area contributed by atoms with Crippen LogP contribution in [-0.2, 0) is 6.42 Å². The van der Waals surface area contributed by atoms with Crippen molar-refractivity contribution in [1.29, 1.82) is 0 Å². The molecule has 1 saturated heterocycles. The topological polar surface area (TPSA) is 12.0 Å². The zero-order valence-corrected chi connectivity index (χ0v) is 11.1. The SMILES string of the molecule is c1ccc2c(c1)CCC2NCC1CCCCS1. The van der Waals surface area contributed by atoms with Crippen LogP contribution in [0.5, 0.6) is 0 Å². The van der Waals surface area contributed by atoms with Gasteiger partial charge in [0.05, 0.1) is 0 Å². The summed E-state index contributed by atoms with van der Waals surface area (Å²) in [5.41, 5.74) is 3.11. The second kappa shape index (κ2) is 5.45. The molecule has 0 saturated carbocycles. The van der Waals surface area contributed by atoms with Crippen LogP contribution in [0.2, 0.25) is 0 Å². The molecule has 2 heteroatoms. The summed E-state index contributed by atoms with van der Waals surface area (Å²) in [7, 11) is 0. The monoisotopic (exact) mass is 247 g/mol. The van der Waals surface area contributed by atoms with E-state index in [1.807, 2.05) is 0 Å². The Morgan fingerprint density at radius 3 is 3.00 bits per heavy atom. The van der Waals surface area contributed by atoms with Gasteiger partial charge in [-0.2, -0.15) is 11.8 Å². The van der Waals surface area contributed by atoms with Gasteiger partial charge in [-0.15, -0.1) is 0 Å². The first-order valence-corrected chi connectivity index (χ1v) is 7.91. The molecule has 1 aromatic carbocycles. The average Bonchev–Trinajstić information content (AvgIpc) is 2.81. The van der Waals surface area contributed by atoms with Crippen LogP contribution in [0.3, 0.4) is 0 Å². The number of rotatable bonds is 3. The van der Waals surface area contributed by atoms with E-state index in [1.54, 1.807) is 11.1 Å². The first-order valence-electron chi connectivity index (χ1n) is 6.86. The predicted octanol–water partition coefficient (Wildman–Crippen LogP) is 3.55. The van der Waals surface area contributed by atoms with E-state index in [-0.39, 0.29) is 0 Å². The van der Waals surface area contributed by atoms with Crippen LogP contribution in [0.4, 0.5) is 0 Å². The molecule has 2 unspecified atom stereocenters. The van der Waals surface area contributed by atoms with Crippen LogP contribution in [0, 0.1) is 0 Å². The smallest absolute Gasteiger partial charge is 0.0326 e. The van der Waals surface area contributed by atoms with Gasteiger partial charge in [-0.1, -0.05) is 30.7 Å². The first-order chi connectivity index (χ1) is 8.43. The van der Waals surface area contributed by atoms with Crippen molar-refractivity contribution in [3.05, 3.63) is 35.4 Å². The Hall–Kier alpha value is -0.470. The van der Waals surface area contributed by atoms with Gasteiger partial charge < -0.3 is 5.32 Å². The molecule has 92 valence electrons. The van der Waals surface area contributed by atoms with Gasteiger partial charge in [-0.05, 0) is 42.6 Å². The molecular formula is C15H21NS. The summed E-state index contributed by atoms with van der Waals surface area (Å²) in [6, 6.07) is 9.54. The van der Waals surface area contributed by atoms with Gasteiger partial charge in [0, 0.05) is 17.8 Å². The number of aryl methyl sites for hydroxylation is 1. The minimum absolute atomic E-state index is 0.619. The highest BCUT2D eigenvalue weighted by Gasteiger charge is 2.22. The fraction of sp³-hybridized carbons (Fsp3) is 0.600. The largest absolute Gasteiger partial charge is 0.309 e. The molecule has 1 fully saturated rings. The molecule has 17 heavy (non-hydrogen) atoms. The Bertz CT molecular complexity index is 371. The van der Waals surface area contributed by atoms with Gasteiger partial charge in [-0.3, -0.25) is 0 Å². The molecule has 0 amide bonds. The molecule has 1 aromatic rings. The minimum Gasteiger partial charge on any atom is -0.309 e. The lowest BCUT2D eigenvalue weighted by molar-refractivity contribution is 0.508. The molecule has 0 spiro atoms.